The van der Waals surface area contributed by atoms with Crippen molar-refractivity contribution in [2.75, 3.05) is 30.7 Å². The molecule has 1 unspecified atom stereocenters. The molecular formula is C46H38ClF10N7O11S2. The molecule has 0 bridgehead atoms. The number of hydrogen-bond acceptors (Lipinski definition) is 14. The van der Waals surface area contributed by atoms with E-state index in [1.165, 1.54) is 13.8 Å². The molecule has 1 N–H and O–H groups in total. The summed E-state index contributed by atoms with van der Waals surface area (Å²) in [5, 5.41) is 8.23. The van der Waals surface area contributed by atoms with Gasteiger partial charge in [-0.1, -0.05) is 23.6 Å². The van der Waals surface area contributed by atoms with Gasteiger partial charge in [0.1, 0.15) is 40.9 Å². The van der Waals surface area contributed by atoms with E-state index in [0.29, 0.717) is 24.5 Å². The molecule has 2 aliphatic carbocycles. The van der Waals surface area contributed by atoms with Crippen molar-refractivity contribution in [3.63, 3.8) is 0 Å². The highest BCUT2D eigenvalue weighted by Crippen LogP contribution is 2.68. The molecule has 7 rings (SSSR count). The number of methoxy groups -OCH3 is 1. The fourth-order valence-electron chi connectivity index (χ4n) is 8.23. The normalized spacial score (nSPS) is 16.5. The van der Waals surface area contributed by atoms with Gasteiger partial charge in [-0.15, -0.1) is 0 Å². The number of pyridine rings is 1. The third-order valence-corrected chi connectivity index (χ3v) is 15.2. The molecule has 0 aliphatic heterocycles. The summed E-state index contributed by atoms with van der Waals surface area (Å²) < 4.78 is 211. The van der Waals surface area contributed by atoms with Crippen molar-refractivity contribution >= 4 is 72.1 Å². The summed E-state index contributed by atoms with van der Waals surface area (Å²) in [5.74, 6) is -8.81. The first kappa shape index (κ1) is 57.4. The number of ether oxygens (including phenoxy) is 3. The number of esters is 2. The lowest BCUT2D eigenvalue weighted by Crippen LogP contribution is -2.37. The van der Waals surface area contributed by atoms with Gasteiger partial charge in [-0.05, 0) is 74.4 Å². The van der Waals surface area contributed by atoms with Crippen molar-refractivity contribution in [3.05, 3.63) is 105 Å². The Morgan fingerprint density at radius 3 is 2.16 bits per heavy atom. The molecule has 0 saturated heterocycles. The first-order chi connectivity index (χ1) is 35.5. The van der Waals surface area contributed by atoms with Gasteiger partial charge in [0.25, 0.3) is 5.92 Å². The summed E-state index contributed by atoms with van der Waals surface area (Å²) in [6, 6.07) is 4.33. The molecule has 3 heterocycles. The number of hydrogen-bond donors (Lipinski definition) is 1. The Balaban J connectivity index is 1.44. The Kier molecular flexibility index (Phi) is 15.4. The van der Waals surface area contributed by atoms with Crippen LogP contribution in [0, 0.1) is 29.4 Å². The lowest BCUT2D eigenvalue weighted by atomic mass is 9.93. The first-order valence-corrected chi connectivity index (χ1v) is 26.0. The van der Waals surface area contributed by atoms with Crippen molar-refractivity contribution < 1.29 is 94.1 Å². The predicted octanol–water partition coefficient (Wildman–Crippen LogP) is 7.42. The molecule has 3 aromatic heterocycles. The van der Waals surface area contributed by atoms with E-state index in [4.69, 9.17) is 16.3 Å². The third-order valence-electron chi connectivity index (χ3n) is 11.9. The van der Waals surface area contributed by atoms with Crippen molar-refractivity contribution in [2.45, 2.75) is 74.8 Å². The van der Waals surface area contributed by atoms with Crippen LogP contribution in [0.3, 0.4) is 0 Å². The molecule has 1 saturated carbocycles. The molecule has 31 heteroatoms. The lowest BCUT2D eigenvalue weighted by Gasteiger charge is -2.23. The summed E-state index contributed by atoms with van der Waals surface area (Å²) in [4.78, 5) is 55.6. The smallest absolute Gasteiger partial charge is 0.435 e. The van der Waals surface area contributed by atoms with Gasteiger partial charge >= 0.3 is 30.4 Å². The number of nitrogens with one attached hydrogen (secondary N) is 1. The SMILES string of the molecule is COC(=O)/C=C/C(=O)OCOC(=O)N(c1nn(CC(F)(F)F)c2c(-c3ccc(C#CC(C)(C)S(C)(=O)=O)nc3[C@H](Cc3cc(F)cc(F)c3)NC(=O)Cn3nc(C(F)(F)F)c4c3C(F)(F)C3C[C@H]43)ccc(Cl)c12)S(C)(=O)=O. The monoisotopic (exact) mass is 1150 g/mol. The summed E-state index contributed by atoms with van der Waals surface area (Å²) in [7, 11) is -8.00. The number of alkyl halides is 8. The number of halogens is 11. The number of fused-ring (bicyclic) bond motifs is 4. The summed E-state index contributed by atoms with van der Waals surface area (Å²) in [5.41, 5.74) is -6.44. The molecular weight excluding hydrogens is 1120 g/mol. The molecule has 77 heavy (non-hydrogen) atoms. The number of rotatable bonds is 15. The van der Waals surface area contributed by atoms with E-state index in [-0.39, 0.29) is 36.9 Å². The van der Waals surface area contributed by atoms with Gasteiger partial charge in [0, 0.05) is 47.1 Å². The quantitative estimate of drug-likeness (QED) is 0.0354. The molecule has 2 aromatic carbocycles. The van der Waals surface area contributed by atoms with Gasteiger partial charge in [-0.2, -0.15) is 49.6 Å². The van der Waals surface area contributed by atoms with Crippen molar-refractivity contribution in [2.24, 2.45) is 5.92 Å². The van der Waals surface area contributed by atoms with Gasteiger partial charge < -0.3 is 19.5 Å². The number of sulfonamides is 1. The zero-order valence-corrected chi connectivity index (χ0v) is 42.5. The van der Waals surface area contributed by atoms with E-state index in [0.717, 1.165) is 49.8 Å². The fourth-order valence-corrected chi connectivity index (χ4v) is 9.47. The van der Waals surface area contributed by atoms with Crippen LogP contribution in [0.15, 0.2) is 54.6 Å². The number of sulfone groups is 1. The number of carbonyl (C=O) groups is 4. The van der Waals surface area contributed by atoms with E-state index >= 15 is 8.78 Å². The maximum atomic E-state index is 15.6. The number of amides is 2. The first-order valence-electron chi connectivity index (χ1n) is 21.9. The standard InChI is InChI=1S/C46H38ClF10N7O11S2/c1-43(2,76(4,69)70)13-12-25-6-7-26(27-8-9-30(47)36-38(27)63(20-44(50,51)52)61-41(36)64(77(5,71)72)42(68)75-21-74-34(67)11-10-33(66)73-3)37(58-25)31(16-22-14-23(48)17-24(49)15-22)59-32(65)19-62-40-35(39(60-62)46(55,56)57)28-18-29(28)45(40,53)54/h6-11,14-15,17,28-29,31H,16,18-21H2,1-5H3,(H,59,65)/b11-10+/t28-,29?,31-/m0/s1. The largest absolute Gasteiger partial charge is 0.466 e. The van der Waals surface area contributed by atoms with E-state index in [1.54, 1.807) is 0 Å². The molecule has 5 aromatic rings. The predicted molar refractivity (Wildman–Crippen MR) is 249 cm³/mol. The Labute approximate surface area is 434 Å². The third kappa shape index (κ3) is 12.3. The average molecular weight is 1150 g/mol. The van der Waals surface area contributed by atoms with Gasteiger partial charge in [0.05, 0.1) is 41.0 Å². The van der Waals surface area contributed by atoms with Crippen LogP contribution in [-0.2, 0) is 80.1 Å². The maximum absolute atomic E-state index is 15.6. The van der Waals surface area contributed by atoms with E-state index in [2.05, 4.69) is 41.8 Å². The Bertz CT molecular complexity index is 3570. The van der Waals surface area contributed by atoms with Gasteiger partial charge in [0.15, 0.2) is 21.3 Å². The second-order valence-corrected chi connectivity index (χ2v) is 22.7. The van der Waals surface area contributed by atoms with Crippen LogP contribution in [0.4, 0.5) is 54.5 Å². The molecule has 18 nitrogen and oxygen atoms in total. The molecule has 0 radical (unpaired) electrons. The van der Waals surface area contributed by atoms with Crippen molar-refractivity contribution in [1.82, 2.24) is 29.9 Å². The minimum absolute atomic E-state index is 0.151. The van der Waals surface area contributed by atoms with Crippen molar-refractivity contribution in [3.8, 4) is 23.0 Å². The van der Waals surface area contributed by atoms with Crippen LogP contribution in [0.25, 0.3) is 22.0 Å². The number of benzene rings is 2. The lowest BCUT2D eigenvalue weighted by molar-refractivity contribution is -0.146. The highest BCUT2D eigenvalue weighted by molar-refractivity contribution is 7.93. The number of aromatic nitrogens is 5. The highest BCUT2D eigenvalue weighted by atomic mass is 35.5. The maximum Gasteiger partial charge on any atom is 0.435 e. The van der Waals surface area contributed by atoms with E-state index in [1.807, 2.05) is 0 Å². The van der Waals surface area contributed by atoms with Crippen molar-refractivity contribution in [1.29, 1.82) is 0 Å². The Hall–Kier alpha value is -7.26. The second kappa shape index (κ2) is 20.6. The number of anilines is 1. The van der Waals surface area contributed by atoms with E-state index < -0.39 is 173 Å². The van der Waals surface area contributed by atoms with Crippen LogP contribution in [0.1, 0.15) is 66.1 Å². The van der Waals surface area contributed by atoms with Gasteiger partial charge in [-0.3, -0.25) is 14.2 Å². The number of carbonyl (C=O) groups excluding carboxylic acids is 4. The topological polar surface area (TPSA) is 228 Å². The minimum atomic E-state index is -5.25. The van der Waals surface area contributed by atoms with E-state index in [9.17, 15) is 71.1 Å². The van der Waals surface area contributed by atoms with Crippen LogP contribution in [0.2, 0.25) is 5.02 Å². The van der Waals surface area contributed by atoms with Gasteiger partial charge in [0.2, 0.25) is 22.7 Å². The summed E-state index contributed by atoms with van der Waals surface area (Å²) in [6.07, 6.45) is -11.1. The molecule has 2 aliphatic rings. The van der Waals surface area contributed by atoms with Crippen LogP contribution in [-0.4, -0.2) is 103 Å². The summed E-state index contributed by atoms with van der Waals surface area (Å²) in [6.45, 7) is -2.37. The Morgan fingerprint density at radius 2 is 1.56 bits per heavy atom. The molecule has 2 amide bonds. The summed E-state index contributed by atoms with van der Waals surface area (Å²) >= 11 is 6.59. The highest BCUT2D eigenvalue weighted by Gasteiger charge is 2.68. The van der Waals surface area contributed by atoms with Crippen LogP contribution < -0.4 is 9.62 Å². The zero-order chi connectivity index (χ0) is 57.1. The molecule has 3 atom stereocenters. The molecule has 412 valence electrons. The minimum Gasteiger partial charge on any atom is -0.466 e. The second-order valence-electron chi connectivity index (χ2n) is 17.9. The zero-order valence-electron chi connectivity index (χ0n) is 40.1. The van der Waals surface area contributed by atoms with Gasteiger partial charge in [-0.25, -0.2) is 45.0 Å². The fraction of sp³-hybridized carbons (Fsp3) is 0.370. The average Bonchev–Trinajstić information content (AvgIpc) is 3.99. The van der Waals surface area contributed by atoms with Crippen LogP contribution in [0.5, 0.6) is 0 Å². The van der Waals surface area contributed by atoms with Crippen LogP contribution >= 0.6 is 11.6 Å². The molecule has 0 spiro atoms. The number of nitrogens with zero attached hydrogens (tertiary/aromatic N) is 6. The Morgan fingerprint density at radius 1 is 0.922 bits per heavy atom. The molecule has 1 fully saturated rings.